The lowest BCUT2D eigenvalue weighted by molar-refractivity contribution is -0.692. The van der Waals surface area contributed by atoms with Crippen LogP contribution in [0.3, 0.4) is 0 Å². The molecule has 48 heavy (non-hydrogen) atoms. The van der Waals surface area contributed by atoms with Gasteiger partial charge in [-0.05, 0) is 52.6 Å². The Morgan fingerprint density at radius 3 is 1.65 bits per heavy atom. The molecule has 0 radical (unpaired) electrons. The highest BCUT2D eigenvalue weighted by atomic mass is 33.1. The van der Waals surface area contributed by atoms with E-state index >= 15 is 0 Å². The van der Waals surface area contributed by atoms with E-state index in [0.29, 0.717) is 26.2 Å². The van der Waals surface area contributed by atoms with Gasteiger partial charge in [0.25, 0.3) is 0 Å². The summed E-state index contributed by atoms with van der Waals surface area (Å²) in [5, 5.41) is 37.0. The highest BCUT2D eigenvalue weighted by Crippen LogP contribution is 2.20. The van der Waals surface area contributed by atoms with Crippen LogP contribution in [-0.4, -0.2) is 97.3 Å². The molecule has 3 rings (SSSR count). The molecule has 1 aromatic heterocycles. The van der Waals surface area contributed by atoms with Crippen LogP contribution in [0.5, 0.6) is 0 Å². The Labute approximate surface area is 293 Å². The maximum absolute atomic E-state index is 9.25. The average Bonchev–Trinajstić information content (AvgIpc) is 3.12. The molecule has 4 N–H and O–H groups in total. The van der Waals surface area contributed by atoms with Crippen molar-refractivity contribution in [1.29, 1.82) is 0 Å². The number of aryl methyl sites for hydroxylation is 1. The molecular weight excluding hydrogens is 641 g/mol. The Bertz CT molecular complexity index is 1430. The lowest BCUT2D eigenvalue weighted by Gasteiger charge is -2.22. The number of nitrogens with zero attached hydrogens (tertiary/aromatic N) is 4. The molecule has 0 saturated carbocycles. The van der Waals surface area contributed by atoms with Crippen LogP contribution in [0.4, 0.5) is 11.4 Å². The fourth-order valence-electron chi connectivity index (χ4n) is 4.68. The monoisotopic (exact) mass is 689 g/mol. The van der Waals surface area contributed by atoms with E-state index in [9.17, 15) is 20.4 Å². The van der Waals surface area contributed by atoms with E-state index < -0.39 is 0 Å². The molecule has 0 amide bonds. The number of aliphatic imine (C=N–C) groups is 1. The zero-order valence-electron chi connectivity index (χ0n) is 27.6. The van der Waals surface area contributed by atoms with Crippen molar-refractivity contribution in [3.05, 3.63) is 120 Å². The normalized spacial score (nSPS) is 12.0. The van der Waals surface area contributed by atoms with Crippen LogP contribution >= 0.6 is 21.6 Å². The molecule has 0 unspecified atom stereocenters. The summed E-state index contributed by atoms with van der Waals surface area (Å²) in [5.74, 6) is 1.96. The maximum Gasteiger partial charge on any atom is 0.169 e. The van der Waals surface area contributed by atoms with Gasteiger partial charge in [0.15, 0.2) is 18.9 Å². The smallest absolute Gasteiger partial charge is 0.169 e. The predicted molar refractivity (Wildman–Crippen MR) is 207 cm³/mol. The van der Waals surface area contributed by atoms with Crippen molar-refractivity contribution in [3.63, 3.8) is 0 Å². The molecule has 8 nitrogen and oxygen atoms in total. The van der Waals surface area contributed by atoms with E-state index in [4.69, 9.17) is 0 Å². The standard InChI is InChI=1S/C38H49N4O4S2/c1-2-33(3-4-34-7-11-37(12-8-34)41(22-27-43)23-28-44)15-18-39-19-31-47-48-32-26-40-20-16-36(17-21-40)6-5-35-9-13-38(14-10-35)42(24-29-45)25-30-46/h2-18,20-21,43-46H,1,19,22-32H2/q+1/b4-3+,33-15+,39-18+. The number of rotatable bonds is 23. The Balaban J connectivity index is 1.33. The van der Waals surface area contributed by atoms with E-state index in [1.165, 1.54) is 0 Å². The Morgan fingerprint density at radius 1 is 0.667 bits per heavy atom. The van der Waals surface area contributed by atoms with Crippen LogP contribution < -0.4 is 14.4 Å². The molecule has 0 saturated heterocycles. The van der Waals surface area contributed by atoms with Crippen LogP contribution in [0.15, 0.2) is 108 Å². The second-order valence-corrected chi connectivity index (χ2v) is 13.4. The topological polar surface area (TPSA) is 104 Å². The van der Waals surface area contributed by atoms with Crippen molar-refractivity contribution >= 4 is 57.4 Å². The second-order valence-electron chi connectivity index (χ2n) is 10.7. The lowest BCUT2D eigenvalue weighted by Crippen LogP contribution is -2.33. The molecule has 1 heterocycles. The third-order valence-electron chi connectivity index (χ3n) is 7.28. The summed E-state index contributed by atoms with van der Waals surface area (Å²) < 4.78 is 2.20. The number of aromatic nitrogens is 1. The quantitative estimate of drug-likeness (QED) is 0.0363. The third kappa shape index (κ3) is 14.6. The van der Waals surface area contributed by atoms with E-state index in [-0.39, 0.29) is 26.4 Å². The molecule has 0 aliphatic rings. The summed E-state index contributed by atoms with van der Waals surface area (Å²) >= 11 is 0. The Hall–Kier alpha value is -3.64. The Kier molecular flexibility index (Phi) is 19.1. The van der Waals surface area contributed by atoms with Crippen LogP contribution in [0.1, 0.15) is 16.7 Å². The van der Waals surface area contributed by atoms with Gasteiger partial charge < -0.3 is 30.2 Å². The zero-order chi connectivity index (χ0) is 34.2. The molecule has 0 spiro atoms. The largest absolute Gasteiger partial charge is 0.395 e. The Morgan fingerprint density at radius 2 is 1.15 bits per heavy atom. The van der Waals surface area contributed by atoms with Gasteiger partial charge in [-0.15, -0.1) is 0 Å². The SMILES string of the molecule is C=CC(/C=C/c1ccc(N(CCO)CCO)cc1)=C\C=N\CCSSCC[n+]1ccc(/C=C/c2ccc(N(CCO)CCO)cc2)cc1. The molecular formula is C38H49N4O4S2+. The fraction of sp³-hybridized carbons (Fsp3) is 0.316. The molecule has 0 fully saturated rings. The van der Waals surface area contributed by atoms with Crippen molar-refractivity contribution in [2.75, 3.05) is 80.5 Å². The van der Waals surface area contributed by atoms with Crippen molar-refractivity contribution in [2.24, 2.45) is 4.99 Å². The maximum atomic E-state index is 9.25. The average molecular weight is 690 g/mol. The number of benzene rings is 2. The molecule has 2 aromatic carbocycles. The molecule has 256 valence electrons. The van der Waals surface area contributed by atoms with Gasteiger partial charge in [0.2, 0.25) is 0 Å². The van der Waals surface area contributed by atoms with Crippen LogP contribution in [0.2, 0.25) is 0 Å². The number of pyridine rings is 1. The third-order valence-corrected chi connectivity index (χ3v) is 9.64. The highest BCUT2D eigenvalue weighted by Gasteiger charge is 2.06. The minimum absolute atomic E-state index is 0.0442. The summed E-state index contributed by atoms with van der Waals surface area (Å²) in [6.45, 7) is 7.77. The van der Waals surface area contributed by atoms with Crippen molar-refractivity contribution in [2.45, 2.75) is 6.54 Å². The summed E-state index contributed by atoms with van der Waals surface area (Å²) in [4.78, 5) is 8.43. The van der Waals surface area contributed by atoms with Crippen molar-refractivity contribution in [1.82, 2.24) is 0 Å². The van der Waals surface area contributed by atoms with Gasteiger partial charge in [0.1, 0.15) is 0 Å². The second kappa shape index (κ2) is 23.6. The molecule has 10 heteroatoms. The molecule has 0 bridgehead atoms. The highest BCUT2D eigenvalue weighted by molar-refractivity contribution is 8.76. The predicted octanol–water partition coefficient (Wildman–Crippen LogP) is 5.00. The minimum Gasteiger partial charge on any atom is -0.395 e. The first-order chi connectivity index (χ1) is 23.6. The summed E-state index contributed by atoms with van der Waals surface area (Å²) in [6.07, 6.45) is 18.0. The number of hydrogen-bond donors (Lipinski definition) is 4. The molecule has 0 aliphatic carbocycles. The van der Waals surface area contributed by atoms with E-state index in [0.717, 1.165) is 58.2 Å². The van der Waals surface area contributed by atoms with E-state index in [1.807, 2.05) is 104 Å². The number of hydrogen-bond acceptors (Lipinski definition) is 9. The van der Waals surface area contributed by atoms with E-state index in [1.54, 1.807) is 6.08 Å². The first-order valence-corrected chi connectivity index (χ1v) is 18.6. The summed E-state index contributed by atoms with van der Waals surface area (Å²) in [6, 6.07) is 20.4. The van der Waals surface area contributed by atoms with Crippen LogP contribution in [0, 0.1) is 0 Å². The summed E-state index contributed by atoms with van der Waals surface area (Å²) in [7, 11) is 3.69. The number of aliphatic hydroxyl groups is 4. The molecule has 0 atom stereocenters. The van der Waals surface area contributed by atoms with Gasteiger partial charge in [-0.2, -0.15) is 0 Å². The van der Waals surface area contributed by atoms with E-state index in [2.05, 4.69) is 52.8 Å². The van der Waals surface area contributed by atoms with Gasteiger partial charge in [0, 0.05) is 68.2 Å². The first kappa shape index (κ1) is 38.8. The fourth-order valence-corrected chi connectivity index (χ4v) is 6.54. The van der Waals surface area contributed by atoms with Crippen LogP contribution in [-0.2, 0) is 6.54 Å². The number of aliphatic hydroxyl groups excluding tert-OH is 4. The molecule has 3 aromatic rings. The minimum atomic E-state index is 0.0442. The number of allylic oxidation sites excluding steroid dienone is 4. The molecule has 0 aliphatic heterocycles. The van der Waals surface area contributed by atoms with Gasteiger partial charge in [-0.25, -0.2) is 4.57 Å². The first-order valence-electron chi connectivity index (χ1n) is 16.2. The van der Waals surface area contributed by atoms with Gasteiger partial charge in [-0.1, -0.05) is 82.8 Å². The van der Waals surface area contributed by atoms with Crippen LogP contribution in [0.25, 0.3) is 18.2 Å². The zero-order valence-corrected chi connectivity index (χ0v) is 29.2. The van der Waals surface area contributed by atoms with Gasteiger partial charge in [-0.3, -0.25) is 4.99 Å². The van der Waals surface area contributed by atoms with Gasteiger partial charge >= 0.3 is 0 Å². The van der Waals surface area contributed by atoms with Crippen molar-refractivity contribution < 1.29 is 25.0 Å². The summed E-state index contributed by atoms with van der Waals surface area (Å²) in [5.41, 5.74) is 6.22. The van der Waals surface area contributed by atoms with Crippen molar-refractivity contribution in [3.8, 4) is 0 Å². The van der Waals surface area contributed by atoms with Gasteiger partial charge in [0.05, 0.1) is 32.2 Å². The lowest BCUT2D eigenvalue weighted by atomic mass is 10.1. The number of anilines is 2.